The minimum Gasteiger partial charge on any atom is -0.385 e. The van der Waals surface area contributed by atoms with Gasteiger partial charge in [-0.2, -0.15) is 0 Å². The van der Waals surface area contributed by atoms with Gasteiger partial charge in [-0.05, 0) is 37.0 Å². The lowest BCUT2D eigenvalue weighted by Gasteiger charge is -2.30. The normalized spacial score (nSPS) is 16.6. The van der Waals surface area contributed by atoms with Crippen molar-refractivity contribution in [1.29, 1.82) is 0 Å². The highest BCUT2D eigenvalue weighted by molar-refractivity contribution is 7.88. The number of hydrogen-bond donors (Lipinski definition) is 1. The Morgan fingerprint density at radius 2 is 1.96 bits per heavy atom. The predicted octanol–water partition coefficient (Wildman–Crippen LogP) is 2.69. The van der Waals surface area contributed by atoms with E-state index in [9.17, 15) is 13.2 Å². The zero-order chi connectivity index (χ0) is 19.2. The van der Waals surface area contributed by atoms with Gasteiger partial charge in [-0.25, -0.2) is 12.7 Å². The number of carbonyl (C=O) groups excluding carboxylic acids is 1. The van der Waals surface area contributed by atoms with Crippen LogP contribution in [-0.4, -0.2) is 52.0 Å². The van der Waals surface area contributed by atoms with Crippen molar-refractivity contribution in [2.45, 2.75) is 25.0 Å². The monoisotopic (exact) mass is 422 g/mol. The molecule has 0 aromatic heterocycles. The number of ether oxygens (including phenoxy) is 1. The molecular formula is C17H24Cl2N2O4S. The molecule has 1 aromatic carbocycles. The molecule has 1 fully saturated rings. The van der Waals surface area contributed by atoms with E-state index >= 15 is 0 Å². The summed E-state index contributed by atoms with van der Waals surface area (Å²) in [5, 5.41) is 3.61. The second-order valence-electron chi connectivity index (χ2n) is 6.32. The third-order valence-corrected chi connectivity index (χ3v) is 6.96. The van der Waals surface area contributed by atoms with Crippen LogP contribution in [0.3, 0.4) is 0 Å². The molecule has 146 valence electrons. The van der Waals surface area contributed by atoms with Crippen molar-refractivity contribution in [2.24, 2.45) is 5.92 Å². The third kappa shape index (κ3) is 6.09. The van der Waals surface area contributed by atoms with Crippen molar-refractivity contribution >= 4 is 39.1 Å². The average molecular weight is 423 g/mol. The number of methoxy groups -OCH3 is 1. The fourth-order valence-electron chi connectivity index (χ4n) is 2.90. The van der Waals surface area contributed by atoms with Gasteiger partial charge in [0.15, 0.2) is 0 Å². The number of halogens is 2. The highest BCUT2D eigenvalue weighted by Crippen LogP contribution is 2.26. The van der Waals surface area contributed by atoms with Crippen molar-refractivity contribution < 1.29 is 17.9 Å². The lowest BCUT2D eigenvalue weighted by molar-refractivity contribution is -0.126. The van der Waals surface area contributed by atoms with Crippen molar-refractivity contribution in [3.8, 4) is 0 Å². The maximum absolute atomic E-state index is 12.6. The molecule has 0 spiro atoms. The van der Waals surface area contributed by atoms with Gasteiger partial charge in [-0.1, -0.05) is 29.3 Å². The molecule has 1 aliphatic heterocycles. The van der Waals surface area contributed by atoms with E-state index in [-0.39, 0.29) is 17.6 Å². The van der Waals surface area contributed by atoms with E-state index in [1.54, 1.807) is 25.3 Å². The molecule has 1 amide bonds. The summed E-state index contributed by atoms with van der Waals surface area (Å²) >= 11 is 11.8. The summed E-state index contributed by atoms with van der Waals surface area (Å²) in [5.74, 6) is -0.283. The quantitative estimate of drug-likeness (QED) is 0.653. The largest absolute Gasteiger partial charge is 0.385 e. The van der Waals surface area contributed by atoms with Crippen molar-refractivity contribution in [2.75, 3.05) is 33.4 Å². The Morgan fingerprint density at radius 3 is 2.58 bits per heavy atom. The molecule has 0 unspecified atom stereocenters. The number of carbonyl (C=O) groups is 1. The minimum atomic E-state index is -3.46. The second kappa shape index (κ2) is 9.90. The summed E-state index contributed by atoms with van der Waals surface area (Å²) in [7, 11) is -1.84. The molecule has 0 aliphatic carbocycles. The summed E-state index contributed by atoms with van der Waals surface area (Å²) in [5.41, 5.74) is 0.595. The van der Waals surface area contributed by atoms with Gasteiger partial charge in [0.05, 0.1) is 15.8 Å². The van der Waals surface area contributed by atoms with Crippen LogP contribution in [0.4, 0.5) is 0 Å². The van der Waals surface area contributed by atoms with E-state index in [1.807, 2.05) is 0 Å². The lowest BCUT2D eigenvalue weighted by Crippen LogP contribution is -2.43. The van der Waals surface area contributed by atoms with Crippen LogP contribution in [-0.2, 0) is 25.3 Å². The van der Waals surface area contributed by atoms with Crippen LogP contribution < -0.4 is 5.32 Å². The molecule has 1 saturated heterocycles. The summed E-state index contributed by atoms with van der Waals surface area (Å²) < 4.78 is 31.6. The van der Waals surface area contributed by atoms with Crippen molar-refractivity contribution in [3.63, 3.8) is 0 Å². The predicted molar refractivity (Wildman–Crippen MR) is 103 cm³/mol. The topological polar surface area (TPSA) is 75.7 Å². The van der Waals surface area contributed by atoms with Gasteiger partial charge in [-0.15, -0.1) is 0 Å². The molecule has 6 nitrogen and oxygen atoms in total. The first kappa shape index (κ1) is 21.4. The third-order valence-electron chi connectivity index (χ3n) is 4.38. The smallest absolute Gasteiger partial charge is 0.223 e. The Bertz CT molecular complexity index is 719. The van der Waals surface area contributed by atoms with Gasteiger partial charge in [0, 0.05) is 39.3 Å². The molecule has 1 N–H and O–H groups in total. The number of sulfonamides is 1. The van der Waals surface area contributed by atoms with Gasteiger partial charge in [0.1, 0.15) is 0 Å². The minimum absolute atomic E-state index is 0.0114. The number of nitrogens with one attached hydrogen (secondary N) is 1. The maximum atomic E-state index is 12.6. The Hall–Kier alpha value is -0.860. The Kier molecular flexibility index (Phi) is 8.16. The first-order chi connectivity index (χ1) is 12.3. The Labute approximate surface area is 164 Å². The van der Waals surface area contributed by atoms with Crippen LogP contribution in [0.25, 0.3) is 0 Å². The van der Waals surface area contributed by atoms with Crippen LogP contribution >= 0.6 is 23.2 Å². The van der Waals surface area contributed by atoms with E-state index in [1.165, 1.54) is 4.31 Å². The second-order valence-corrected chi connectivity index (χ2v) is 9.10. The highest BCUT2D eigenvalue weighted by Gasteiger charge is 2.31. The van der Waals surface area contributed by atoms with Gasteiger partial charge in [-0.3, -0.25) is 4.79 Å². The highest BCUT2D eigenvalue weighted by atomic mass is 35.5. The van der Waals surface area contributed by atoms with E-state index in [0.717, 1.165) is 6.42 Å². The molecule has 26 heavy (non-hydrogen) atoms. The maximum Gasteiger partial charge on any atom is 0.223 e. The molecule has 0 atom stereocenters. The number of rotatable bonds is 8. The molecule has 0 saturated carbocycles. The number of piperidine rings is 1. The molecule has 0 bridgehead atoms. The standard InChI is InChI=1S/C17H24Cl2N2O4S/c1-25-10-2-7-20-17(22)14-5-8-21(9-6-14)26(23,24)12-13-3-4-15(18)16(19)11-13/h3-4,11,14H,2,5-10,12H2,1H3,(H,20,22). The number of amides is 1. The van der Waals surface area contributed by atoms with Gasteiger partial charge < -0.3 is 10.1 Å². The van der Waals surface area contributed by atoms with Crippen LogP contribution in [0.2, 0.25) is 10.0 Å². The molecule has 9 heteroatoms. The first-order valence-corrected chi connectivity index (χ1v) is 10.9. The number of hydrogen-bond acceptors (Lipinski definition) is 4. The van der Waals surface area contributed by atoms with Crippen LogP contribution in [0.1, 0.15) is 24.8 Å². The zero-order valence-corrected chi connectivity index (χ0v) is 17.0. The molecular weight excluding hydrogens is 399 g/mol. The van der Waals surface area contributed by atoms with E-state index in [2.05, 4.69) is 5.32 Å². The SMILES string of the molecule is COCCCNC(=O)C1CCN(S(=O)(=O)Cc2ccc(Cl)c(Cl)c2)CC1. The first-order valence-electron chi connectivity index (χ1n) is 8.52. The van der Waals surface area contributed by atoms with Crippen LogP contribution in [0, 0.1) is 5.92 Å². The molecule has 0 radical (unpaired) electrons. The van der Waals surface area contributed by atoms with Crippen molar-refractivity contribution in [3.05, 3.63) is 33.8 Å². The van der Waals surface area contributed by atoms with Gasteiger partial charge >= 0.3 is 0 Å². The lowest BCUT2D eigenvalue weighted by atomic mass is 9.97. The molecule has 1 aromatic rings. The van der Waals surface area contributed by atoms with E-state index in [0.29, 0.717) is 54.7 Å². The van der Waals surface area contributed by atoms with Crippen LogP contribution in [0.15, 0.2) is 18.2 Å². The zero-order valence-electron chi connectivity index (χ0n) is 14.7. The fourth-order valence-corrected chi connectivity index (χ4v) is 4.77. The van der Waals surface area contributed by atoms with E-state index < -0.39 is 10.0 Å². The van der Waals surface area contributed by atoms with Gasteiger partial charge in [0.25, 0.3) is 0 Å². The molecule has 1 aliphatic rings. The van der Waals surface area contributed by atoms with Crippen LogP contribution in [0.5, 0.6) is 0 Å². The Balaban J connectivity index is 1.85. The summed E-state index contributed by atoms with van der Waals surface area (Å²) in [6, 6.07) is 4.82. The molecule has 2 rings (SSSR count). The van der Waals surface area contributed by atoms with Crippen molar-refractivity contribution in [1.82, 2.24) is 9.62 Å². The van der Waals surface area contributed by atoms with Gasteiger partial charge in [0.2, 0.25) is 15.9 Å². The number of benzene rings is 1. The Morgan fingerprint density at radius 1 is 1.27 bits per heavy atom. The average Bonchev–Trinajstić information content (AvgIpc) is 2.61. The summed E-state index contributed by atoms with van der Waals surface area (Å²) in [6.07, 6.45) is 1.81. The van der Waals surface area contributed by atoms with E-state index in [4.69, 9.17) is 27.9 Å². The summed E-state index contributed by atoms with van der Waals surface area (Å²) in [4.78, 5) is 12.1. The number of nitrogens with zero attached hydrogens (tertiary/aromatic N) is 1. The molecule has 1 heterocycles. The summed E-state index contributed by atoms with van der Waals surface area (Å²) in [6.45, 7) is 1.87. The fraction of sp³-hybridized carbons (Fsp3) is 0.588.